The van der Waals surface area contributed by atoms with Crippen LogP contribution in [0.25, 0.3) is 0 Å². The van der Waals surface area contributed by atoms with Crippen molar-refractivity contribution in [3.8, 4) is 0 Å². The lowest BCUT2D eigenvalue weighted by Gasteiger charge is -2.34. The topological polar surface area (TPSA) is 102 Å². The molecule has 0 saturated carbocycles. The van der Waals surface area contributed by atoms with Gasteiger partial charge in [0.2, 0.25) is 0 Å². The molecule has 0 radical (unpaired) electrons. The summed E-state index contributed by atoms with van der Waals surface area (Å²) in [6.45, 7) is 4.66. The van der Waals surface area contributed by atoms with Crippen molar-refractivity contribution in [3.63, 3.8) is 0 Å². The Bertz CT molecular complexity index is 1130. The van der Waals surface area contributed by atoms with Crippen LogP contribution in [0.2, 0.25) is 0 Å². The van der Waals surface area contributed by atoms with E-state index in [-0.39, 0.29) is 42.7 Å². The molecule has 2 unspecified atom stereocenters. The first-order chi connectivity index (χ1) is 30.6. The largest absolute Gasteiger partial charge is 0.544 e. The molecular formula is C55H101NO7. The maximum Gasteiger partial charge on any atom is 0.306 e. The van der Waals surface area contributed by atoms with Crippen LogP contribution in [0.5, 0.6) is 0 Å². The molecule has 8 nitrogen and oxygen atoms in total. The van der Waals surface area contributed by atoms with Crippen molar-refractivity contribution in [1.82, 2.24) is 0 Å². The lowest BCUT2D eigenvalue weighted by Crippen LogP contribution is -2.55. The van der Waals surface area contributed by atoms with Gasteiger partial charge in [0.25, 0.3) is 0 Å². The zero-order chi connectivity index (χ0) is 46.3. The van der Waals surface area contributed by atoms with Crippen molar-refractivity contribution >= 4 is 17.9 Å². The summed E-state index contributed by atoms with van der Waals surface area (Å²) in [7, 11) is 5.42. The van der Waals surface area contributed by atoms with E-state index in [1.807, 2.05) is 0 Å². The summed E-state index contributed by atoms with van der Waals surface area (Å²) >= 11 is 0. The lowest BCUT2D eigenvalue weighted by molar-refractivity contribution is -0.889. The monoisotopic (exact) mass is 888 g/mol. The van der Waals surface area contributed by atoms with Gasteiger partial charge in [0.05, 0.1) is 40.3 Å². The van der Waals surface area contributed by atoms with Crippen molar-refractivity contribution < 1.29 is 38.2 Å². The van der Waals surface area contributed by atoms with Gasteiger partial charge in [-0.2, -0.15) is 0 Å². The SMILES string of the molecule is CCCCCCC/C=C/C=C/C=C/CCCCCCCC(=O)OCC(COCCC(C(=O)[O-])[N+](C)(C)C)OC(=O)CCCCCCCCCCCCCCCCCCCCCCC. The molecule has 0 aliphatic rings. The third-order valence-corrected chi connectivity index (χ3v) is 12.1. The number of nitrogens with zero attached hydrogens (tertiary/aromatic N) is 1. The fraction of sp³-hybridized carbons (Fsp3) is 0.836. The van der Waals surface area contributed by atoms with Crippen LogP contribution >= 0.6 is 0 Å². The third kappa shape index (κ3) is 44.5. The first-order valence-electron chi connectivity index (χ1n) is 26.5. The van der Waals surface area contributed by atoms with E-state index in [0.717, 1.165) is 64.2 Å². The summed E-state index contributed by atoms with van der Waals surface area (Å²) in [5.74, 6) is -1.75. The smallest absolute Gasteiger partial charge is 0.306 e. The Morgan fingerprint density at radius 2 is 0.841 bits per heavy atom. The average molecular weight is 888 g/mol. The third-order valence-electron chi connectivity index (χ3n) is 12.1. The van der Waals surface area contributed by atoms with Crippen molar-refractivity contribution in [3.05, 3.63) is 36.5 Å². The quantitative estimate of drug-likeness (QED) is 0.0259. The number of aliphatic carboxylic acids is 1. The number of hydrogen-bond donors (Lipinski definition) is 0. The normalized spacial score (nSPS) is 13.1. The van der Waals surface area contributed by atoms with Gasteiger partial charge in [-0.25, -0.2) is 0 Å². The van der Waals surface area contributed by atoms with E-state index in [1.165, 1.54) is 148 Å². The molecule has 0 aliphatic carbocycles. The molecule has 0 aliphatic heterocycles. The number of carbonyl (C=O) groups is 3. The van der Waals surface area contributed by atoms with E-state index in [1.54, 1.807) is 21.1 Å². The molecule has 0 fully saturated rings. The maximum atomic E-state index is 12.8. The van der Waals surface area contributed by atoms with Crippen LogP contribution in [0.15, 0.2) is 36.5 Å². The van der Waals surface area contributed by atoms with Crippen LogP contribution in [0.1, 0.15) is 245 Å². The van der Waals surface area contributed by atoms with Crippen molar-refractivity contribution in [2.24, 2.45) is 0 Å². The van der Waals surface area contributed by atoms with Gasteiger partial charge < -0.3 is 28.6 Å². The molecule has 0 aromatic heterocycles. The Morgan fingerprint density at radius 1 is 0.476 bits per heavy atom. The minimum Gasteiger partial charge on any atom is -0.544 e. The minimum absolute atomic E-state index is 0.0371. The lowest BCUT2D eigenvalue weighted by atomic mass is 10.0. The molecule has 8 heteroatoms. The van der Waals surface area contributed by atoms with Crippen molar-refractivity contribution in [1.29, 1.82) is 0 Å². The predicted molar refractivity (Wildman–Crippen MR) is 263 cm³/mol. The number of unbranched alkanes of at least 4 members (excludes halogenated alkanes) is 30. The predicted octanol–water partition coefficient (Wildman–Crippen LogP) is 14.0. The number of likely N-dealkylation sites (N-methyl/N-ethyl adjacent to an activating group) is 1. The molecule has 0 bridgehead atoms. The average Bonchev–Trinajstić information content (AvgIpc) is 3.24. The number of carboxylic acids is 1. The highest BCUT2D eigenvalue weighted by molar-refractivity contribution is 5.70. The number of ether oxygens (including phenoxy) is 3. The summed E-state index contributed by atoms with van der Waals surface area (Å²) in [6, 6.07) is -0.728. The second-order valence-corrected chi connectivity index (χ2v) is 19.2. The molecule has 0 spiro atoms. The zero-order valence-electron chi connectivity index (χ0n) is 42.0. The van der Waals surface area contributed by atoms with Gasteiger partial charge in [0, 0.05) is 19.3 Å². The van der Waals surface area contributed by atoms with Crippen LogP contribution in [-0.2, 0) is 28.6 Å². The van der Waals surface area contributed by atoms with Crippen LogP contribution in [-0.4, -0.2) is 75.5 Å². The van der Waals surface area contributed by atoms with E-state index >= 15 is 0 Å². The Hall–Kier alpha value is -2.45. The fourth-order valence-corrected chi connectivity index (χ4v) is 7.96. The Balaban J connectivity index is 4.24. The van der Waals surface area contributed by atoms with Gasteiger partial charge in [-0.1, -0.05) is 224 Å². The summed E-state index contributed by atoms with van der Waals surface area (Å²) < 4.78 is 17.2. The molecule has 0 aromatic carbocycles. The number of carboxylic acid groups (broad SMARTS) is 1. The van der Waals surface area contributed by atoms with Crippen LogP contribution < -0.4 is 5.11 Å². The second-order valence-electron chi connectivity index (χ2n) is 19.2. The van der Waals surface area contributed by atoms with Gasteiger partial charge in [-0.15, -0.1) is 0 Å². The van der Waals surface area contributed by atoms with E-state index < -0.39 is 18.1 Å². The van der Waals surface area contributed by atoms with E-state index in [4.69, 9.17) is 14.2 Å². The number of allylic oxidation sites excluding steroid dienone is 6. The fourth-order valence-electron chi connectivity index (χ4n) is 7.96. The summed E-state index contributed by atoms with van der Waals surface area (Å²) in [5.41, 5.74) is 0. The molecule has 63 heavy (non-hydrogen) atoms. The molecule has 0 amide bonds. The van der Waals surface area contributed by atoms with E-state index in [2.05, 4.69) is 50.3 Å². The number of carbonyl (C=O) groups excluding carboxylic acids is 3. The highest BCUT2D eigenvalue weighted by atomic mass is 16.6. The van der Waals surface area contributed by atoms with E-state index in [0.29, 0.717) is 12.8 Å². The van der Waals surface area contributed by atoms with Gasteiger partial charge in [0.1, 0.15) is 12.6 Å². The first kappa shape index (κ1) is 60.5. The molecule has 0 rings (SSSR count). The van der Waals surface area contributed by atoms with Gasteiger partial charge in [-0.05, 0) is 38.5 Å². The Kier molecular flexibility index (Phi) is 44.3. The number of rotatable bonds is 48. The standard InChI is InChI=1S/C55H101NO7/c1-6-8-10-12-14-16-18-20-22-24-26-27-28-30-32-34-36-38-40-42-44-46-54(58)63-51(49-61-48-47-52(55(59)60)56(3,4)5)50-62-53(57)45-43-41-39-37-35-33-31-29-25-23-21-19-17-15-13-11-9-7-2/h19,21,23,25,29,31,51-52H,6-18,20,22,24,26-28,30,32-50H2,1-5H3/b21-19+,25-23+,31-29+. The van der Waals surface area contributed by atoms with Crippen LogP contribution in [0.4, 0.5) is 0 Å². The second kappa shape index (κ2) is 46.1. The Labute approximate surface area is 389 Å². The summed E-state index contributed by atoms with van der Waals surface area (Å²) in [4.78, 5) is 37.0. The van der Waals surface area contributed by atoms with Crippen molar-refractivity contribution in [2.45, 2.75) is 257 Å². The molecule has 2 atom stereocenters. The first-order valence-corrected chi connectivity index (χ1v) is 26.5. The number of esters is 2. The molecule has 0 N–H and O–H groups in total. The highest BCUT2D eigenvalue weighted by Crippen LogP contribution is 2.16. The highest BCUT2D eigenvalue weighted by Gasteiger charge is 2.25. The van der Waals surface area contributed by atoms with Gasteiger partial charge in [0.15, 0.2) is 6.10 Å². The molecule has 0 heterocycles. The molecule has 0 saturated heterocycles. The number of hydrogen-bond acceptors (Lipinski definition) is 7. The molecule has 368 valence electrons. The van der Waals surface area contributed by atoms with Gasteiger partial charge >= 0.3 is 11.9 Å². The zero-order valence-corrected chi connectivity index (χ0v) is 42.0. The maximum absolute atomic E-state index is 12.8. The van der Waals surface area contributed by atoms with E-state index in [9.17, 15) is 19.5 Å². The Morgan fingerprint density at radius 3 is 1.22 bits per heavy atom. The minimum atomic E-state index is -1.13. The summed E-state index contributed by atoms with van der Waals surface area (Å²) in [5, 5.41) is 11.7. The van der Waals surface area contributed by atoms with Crippen LogP contribution in [0.3, 0.4) is 0 Å². The molecule has 0 aromatic rings. The summed E-state index contributed by atoms with van der Waals surface area (Å²) in [6.07, 6.45) is 54.6. The van der Waals surface area contributed by atoms with Crippen LogP contribution in [0, 0.1) is 0 Å². The number of quaternary nitrogens is 1. The van der Waals surface area contributed by atoms with Gasteiger partial charge in [-0.3, -0.25) is 9.59 Å². The van der Waals surface area contributed by atoms with Crippen molar-refractivity contribution in [2.75, 3.05) is 41.0 Å². The molecular weight excluding hydrogens is 787 g/mol.